The molecule has 0 aromatic heterocycles. The number of benzene rings is 2. The number of ether oxygens (including phenoxy) is 1. The number of nitrogens with zero attached hydrogens (tertiary/aromatic N) is 1. The summed E-state index contributed by atoms with van der Waals surface area (Å²) >= 11 is 12.1. The van der Waals surface area contributed by atoms with Crippen molar-refractivity contribution >= 4 is 34.9 Å². The lowest BCUT2D eigenvalue weighted by atomic mass is 10.2. The van der Waals surface area contributed by atoms with Crippen molar-refractivity contribution in [2.45, 2.75) is 6.54 Å². The molecular weight excluding hydrogens is 323 g/mol. The number of halogens is 2. The SMILES string of the molecule is COc1c(Cl)cc(NC(=O)N(C)Cc2ccccc2)cc1Cl. The van der Waals surface area contributed by atoms with Crippen molar-refractivity contribution in [2.24, 2.45) is 0 Å². The Balaban J connectivity index is 2.05. The minimum Gasteiger partial charge on any atom is -0.494 e. The van der Waals surface area contributed by atoms with Crippen LogP contribution in [0.15, 0.2) is 42.5 Å². The minimum absolute atomic E-state index is 0.249. The normalized spacial score (nSPS) is 10.2. The first-order valence-corrected chi connectivity index (χ1v) is 7.36. The van der Waals surface area contributed by atoms with Crippen LogP contribution in [0.2, 0.25) is 10.0 Å². The van der Waals surface area contributed by atoms with Crippen LogP contribution in [0.25, 0.3) is 0 Å². The van der Waals surface area contributed by atoms with Gasteiger partial charge in [0.15, 0.2) is 5.75 Å². The predicted molar refractivity (Wildman–Crippen MR) is 89.9 cm³/mol. The molecule has 0 unspecified atom stereocenters. The number of nitrogens with one attached hydrogen (secondary N) is 1. The number of carbonyl (C=O) groups excluding carboxylic acids is 1. The van der Waals surface area contributed by atoms with Crippen molar-refractivity contribution in [2.75, 3.05) is 19.5 Å². The van der Waals surface area contributed by atoms with Crippen LogP contribution >= 0.6 is 23.2 Å². The summed E-state index contributed by atoms with van der Waals surface area (Å²) in [5.74, 6) is 0.388. The number of methoxy groups -OCH3 is 1. The third-order valence-electron chi connectivity index (χ3n) is 3.06. The number of carbonyl (C=O) groups is 1. The number of rotatable bonds is 4. The van der Waals surface area contributed by atoms with Crippen molar-refractivity contribution in [1.82, 2.24) is 4.90 Å². The van der Waals surface area contributed by atoms with Crippen LogP contribution in [0.1, 0.15) is 5.56 Å². The van der Waals surface area contributed by atoms with Crippen molar-refractivity contribution in [3.05, 3.63) is 58.1 Å². The van der Waals surface area contributed by atoms with Gasteiger partial charge in [-0.25, -0.2) is 4.79 Å². The summed E-state index contributed by atoms with van der Waals surface area (Å²) in [5.41, 5.74) is 1.56. The molecule has 0 aliphatic carbocycles. The van der Waals surface area contributed by atoms with Crippen molar-refractivity contribution in [3.63, 3.8) is 0 Å². The van der Waals surface area contributed by atoms with Crippen LogP contribution in [0.4, 0.5) is 10.5 Å². The van der Waals surface area contributed by atoms with E-state index in [-0.39, 0.29) is 6.03 Å². The van der Waals surface area contributed by atoms with E-state index in [0.29, 0.717) is 28.0 Å². The Hall–Kier alpha value is -1.91. The van der Waals surface area contributed by atoms with Crippen molar-refractivity contribution in [3.8, 4) is 5.75 Å². The summed E-state index contributed by atoms with van der Waals surface area (Å²) in [7, 11) is 3.20. The van der Waals surface area contributed by atoms with E-state index < -0.39 is 0 Å². The van der Waals surface area contributed by atoms with Gasteiger partial charge in [0.1, 0.15) is 0 Å². The van der Waals surface area contributed by atoms with Gasteiger partial charge in [-0.15, -0.1) is 0 Å². The number of hydrogen-bond donors (Lipinski definition) is 1. The highest BCUT2D eigenvalue weighted by molar-refractivity contribution is 6.37. The molecule has 0 radical (unpaired) electrons. The molecule has 2 aromatic carbocycles. The highest BCUT2D eigenvalue weighted by atomic mass is 35.5. The quantitative estimate of drug-likeness (QED) is 0.880. The maximum Gasteiger partial charge on any atom is 0.321 e. The first-order chi connectivity index (χ1) is 10.5. The molecule has 0 aliphatic rings. The lowest BCUT2D eigenvalue weighted by Gasteiger charge is -2.18. The molecule has 0 aliphatic heterocycles. The summed E-state index contributed by atoms with van der Waals surface area (Å²) in [6.07, 6.45) is 0. The van der Waals surface area contributed by atoms with E-state index in [2.05, 4.69) is 5.32 Å². The fourth-order valence-corrected chi connectivity index (χ4v) is 2.62. The van der Waals surface area contributed by atoms with Crippen molar-refractivity contribution in [1.29, 1.82) is 0 Å². The Bertz CT molecular complexity index is 639. The average Bonchev–Trinajstić information content (AvgIpc) is 2.48. The maximum atomic E-state index is 12.2. The lowest BCUT2D eigenvalue weighted by molar-refractivity contribution is 0.220. The molecule has 6 heteroatoms. The van der Waals surface area contributed by atoms with Crippen LogP contribution in [-0.4, -0.2) is 25.1 Å². The topological polar surface area (TPSA) is 41.6 Å². The largest absolute Gasteiger partial charge is 0.494 e. The zero-order valence-electron chi connectivity index (χ0n) is 12.3. The van der Waals surface area contributed by atoms with Crippen molar-refractivity contribution < 1.29 is 9.53 Å². The fraction of sp³-hybridized carbons (Fsp3) is 0.188. The summed E-state index contributed by atoms with van der Waals surface area (Å²) in [6, 6.07) is 12.7. The van der Waals surface area contributed by atoms with Gasteiger partial charge in [0.25, 0.3) is 0 Å². The summed E-state index contributed by atoms with van der Waals surface area (Å²) in [6.45, 7) is 0.504. The Morgan fingerprint density at radius 1 is 1.18 bits per heavy atom. The van der Waals surface area contributed by atoms with E-state index in [4.69, 9.17) is 27.9 Å². The number of amides is 2. The summed E-state index contributed by atoms with van der Waals surface area (Å²) in [4.78, 5) is 13.8. The molecule has 2 rings (SSSR count). The smallest absolute Gasteiger partial charge is 0.321 e. The number of hydrogen-bond acceptors (Lipinski definition) is 2. The maximum absolute atomic E-state index is 12.2. The van der Waals surface area contributed by atoms with E-state index in [1.54, 1.807) is 24.1 Å². The molecule has 0 fully saturated rings. The second kappa shape index (κ2) is 7.38. The van der Waals surface area contributed by atoms with E-state index >= 15 is 0 Å². The van der Waals surface area contributed by atoms with Crippen LogP contribution in [0, 0.1) is 0 Å². The molecule has 4 nitrogen and oxygen atoms in total. The molecule has 0 saturated heterocycles. The van der Waals surface area contributed by atoms with Gasteiger partial charge in [0.05, 0.1) is 17.2 Å². The average molecular weight is 339 g/mol. The Morgan fingerprint density at radius 2 is 1.77 bits per heavy atom. The van der Waals surface area contributed by atoms with Gasteiger partial charge >= 0.3 is 6.03 Å². The third kappa shape index (κ3) is 4.06. The molecule has 0 bridgehead atoms. The number of urea groups is 1. The van der Waals surface area contributed by atoms with Crippen LogP contribution in [-0.2, 0) is 6.54 Å². The molecule has 2 amide bonds. The summed E-state index contributed by atoms with van der Waals surface area (Å²) < 4.78 is 5.08. The number of anilines is 1. The zero-order chi connectivity index (χ0) is 16.1. The minimum atomic E-state index is -0.249. The van der Waals surface area contributed by atoms with E-state index in [1.165, 1.54) is 7.11 Å². The predicted octanol–water partition coefficient (Wildman–Crippen LogP) is 4.67. The second-order valence-electron chi connectivity index (χ2n) is 4.74. The second-order valence-corrected chi connectivity index (χ2v) is 5.56. The molecular formula is C16H16Cl2N2O2. The molecule has 116 valence electrons. The van der Waals surface area contributed by atoms with Crippen LogP contribution < -0.4 is 10.1 Å². The zero-order valence-corrected chi connectivity index (χ0v) is 13.8. The third-order valence-corrected chi connectivity index (χ3v) is 3.62. The van der Waals surface area contributed by atoms with Gasteiger partial charge in [0.2, 0.25) is 0 Å². The van der Waals surface area contributed by atoms with Crippen LogP contribution in [0.3, 0.4) is 0 Å². The van der Waals surface area contributed by atoms with E-state index in [9.17, 15) is 4.79 Å². The molecule has 0 heterocycles. The highest BCUT2D eigenvalue weighted by Gasteiger charge is 2.13. The first-order valence-electron chi connectivity index (χ1n) is 6.60. The molecule has 0 atom stereocenters. The fourth-order valence-electron chi connectivity index (χ4n) is 1.98. The van der Waals surface area contributed by atoms with E-state index in [1.807, 2.05) is 30.3 Å². The van der Waals surface area contributed by atoms with Gasteiger partial charge in [-0.3, -0.25) is 0 Å². The Labute approximate surface area is 139 Å². The molecule has 0 saturated carbocycles. The van der Waals surface area contributed by atoms with Gasteiger partial charge < -0.3 is 15.0 Å². The van der Waals surface area contributed by atoms with E-state index in [0.717, 1.165) is 5.56 Å². The molecule has 2 aromatic rings. The molecule has 0 spiro atoms. The summed E-state index contributed by atoms with van der Waals surface area (Å²) in [5, 5.41) is 3.44. The monoisotopic (exact) mass is 338 g/mol. The van der Waals surface area contributed by atoms with Gasteiger partial charge in [-0.2, -0.15) is 0 Å². The van der Waals surface area contributed by atoms with Gasteiger partial charge in [-0.05, 0) is 17.7 Å². The van der Waals surface area contributed by atoms with Crippen LogP contribution in [0.5, 0.6) is 5.75 Å². The Kier molecular flexibility index (Phi) is 5.52. The van der Waals surface area contributed by atoms with Gasteiger partial charge in [-0.1, -0.05) is 53.5 Å². The standard InChI is InChI=1S/C16H16Cl2N2O2/c1-20(10-11-6-4-3-5-7-11)16(21)19-12-8-13(17)15(22-2)14(18)9-12/h3-9H,10H2,1-2H3,(H,19,21). The van der Waals surface area contributed by atoms with Gasteiger partial charge in [0, 0.05) is 19.3 Å². The highest BCUT2D eigenvalue weighted by Crippen LogP contribution is 2.35. The lowest BCUT2D eigenvalue weighted by Crippen LogP contribution is -2.30. The molecule has 1 N–H and O–H groups in total. The Morgan fingerprint density at radius 3 is 2.32 bits per heavy atom. The first kappa shape index (κ1) is 16.5. The molecule has 22 heavy (non-hydrogen) atoms.